The molecule has 40 heavy (non-hydrogen) atoms. The minimum absolute atomic E-state index is 0.0309. The summed E-state index contributed by atoms with van der Waals surface area (Å²) in [5.74, 6) is -1.71. The molecule has 0 radical (unpaired) electrons. The molecule has 0 unspecified atom stereocenters. The lowest BCUT2D eigenvalue weighted by Gasteiger charge is -2.35. The van der Waals surface area contributed by atoms with E-state index < -0.39 is 39.9 Å². The Labute approximate surface area is 248 Å². The number of rotatable bonds is 10. The molecular weight excluding hydrogens is 621 g/mol. The maximum absolute atomic E-state index is 14.0. The number of halogens is 3. The fourth-order valence-corrected chi connectivity index (χ4v) is 5.56. The summed E-state index contributed by atoms with van der Waals surface area (Å²) in [6.07, 6.45) is 1.15. The second-order valence-electron chi connectivity index (χ2n) is 10.5. The standard InChI is InChI=1S/C29H32BrClFN3O4S/c1-29(2,3)33-28(37)26(16-20-9-6-5-7-10-20)34(18-21-11-8-12-22(30)15-21)27(36)19-35(40(4,38)39)23-13-14-25(32)24(31)17-23/h5-15,17,26H,16,18-19H2,1-4H3,(H,33,37)/t26-/m0/s1. The van der Waals surface area contributed by atoms with E-state index >= 15 is 0 Å². The number of nitrogens with zero attached hydrogens (tertiary/aromatic N) is 2. The molecule has 0 saturated carbocycles. The van der Waals surface area contributed by atoms with Crippen molar-refractivity contribution in [3.8, 4) is 0 Å². The summed E-state index contributed by atoms with van der Waals surface area (Å²) in [5, 5.41) is 2.69. The first-order valence-corrected chi connectivity index (χ1v) is 15.5. The van der Waals surface area contributed by atoms with Crippen molar-refractivity contribution >= 4 is 55.1 Å². The first kappa shape index (κ1) is 31.6. The highest BCUT2D eigenvalue weighted by Crippen LogP contribution is 2.25. The van der Waals surface area contributed by atoms with Crippen molar-refractivity contribution in [2.45, 2.75) is 45.3 Å². The normalized spacial score (nSPS) is 12.5. The van der Waals surface area contributed by atoms with Gasteiger partial charge in [0.15, 0.2) is 0 Å². The van der Waals surface area contributed by atoms with Crippen LogP contribution in [0.5, 0.6) is 0 Å². The maximum atomic E-state index is 14.0. The zero-order valence-electron chi connectivity index (χ0n) is 22.7. The van der Waals surface area contributed by atoms with Crippen LogP contribution in [0.1, 0.15) is 31.9 Å². The van der Waals surface area contributed by atoms with Gasteiger partial charge in [-0.2, -0.15) is 0 Å². The molecule has 3 aromatic rings. The van der Waals surface area contributed by atoms with Crippen molar-refractivity contribution in [3.05, 3.63) is 99.2 Å². The van der Waals surface area contributed by atoms with E-state index in [1.54, 1.807) is 0 Å². The van der Waals surface area contributed by atoms with E-state index in [-0.39, 0.29) is 29.6 Å². The van der Waals surface area contributed by atoms with E-state index in [1.807, 2.05) is 75.4 Å². The summed E-state index contributed by atoms with van der Waals surface area (Å²) in [7, 11) is -3.99. The minimum atomic E-state index is -3.99. The Morgan fingerprint density at radius 2 is 1.65 bits per heavy atom. The second-order valence-corrected chi connectivity index (χ2v) is 13.7. The van der Waals surface area contributed by atoms with Crippen LogP contribution in [0.15, 0.2) is 77.3 Å². The number of hydrogen-bond acceptors (Lipinski definition) is 4. The van der Waals surface area contributed by atoms with E-state index in [0.29, 0.717) is 0 Å². The molecule has 0 spiro atoms. The van der Waals surface area contributed by atoms with Gasteiger partial charge in [0.1, 0.15) is 18.4 Å². The van der Waals surface area contributed by atoms with Crippen LogP contribution in [-0.4, -0.2) is 49.5 Å². The molecule has 0 fully saturated rings. The SMILES string of the molecule is CC(C)(C)NC(=O)[C@H](Cc1ccccc1)N(Cc1cccc(Br)c1)C(=O)CN(c1ccc(F)c(Cl)c1)S(C)(=O)=O. The minimum Gasteiger partial charge on any atom is -0.350 e. The third-order valence-corrected chi connectivity index (χ3v) is 7.81. The largest absolute Gasteiger partial charge is 0.350 e. The quantitative estimate of drug-likeness (QED) is 0.311. The molecule has 1 atom stereocenters. The summed E-state index contributed by atoms with van der Waals surface area (Å²) >= 11 is 9.37. The number of sulfonamides is 1. The van der Waals surface area contributed by atoms with E-state index in [4.69, 9.17) is 11.6 Å². The molecule has 0 saturated heterocycles. The molecule has 0 aliphatic heterocycles. The van der Waals surface area contributed by atoms with Gasteiger partial charge in [-0.3, -0.25) is 13.9 Å². The Balaban J connectivity index is 2.09. The number of anilines is 1. The lowest BCUT2D eigenvalue weighted by Crippen LogP contribution is -2.56. The van der Waals surface area contributed by atoms with Crippen LogP contribution < -0.4 is 9.62 Å². The van der Waals surface area contributed by atoms with Gasteiger partial charge in [0.2, 0.25) is 21.8 Å². The van der Waals surface area contributed by atoms with Crippen molar-refractivity contribution in [1.29, 1.82) is 0 Å². The molecule has 0 aromatic heterocycles. The molecule has 1 N–H and O–H groups in total. The topological polar surface area (TPSA) is 86.8 Å². The van der Waals surface area contributed by atoms with E-state index in [2.05, 4.69) is 21.2 Å². The highest BCUT2D eigenvalue weighted by Gasteiger charge is 2.34. The summed E-state index contributed by atoms with van der Waals surface area (Å²) in [6, 6.07) is 19.0. The van der Waals surface area contributed by atoms with E-state index in [0.717, 1.165) is 38.3 Å². The molecule has 0 aliphatic rings. The highest BCUT2D eigenvalue weighted by atomic mass is 79.9. The predicted molar refractivity (Wildman–Crippen MR) is 160 cm³/mol. The van der Waals surface area contributed by atoms with Gasteiger partial charge in [-0.05, 0) is 62.2 Å². The van der Waals surface area contributed by atoms with Crippen LogP contribution in [0.4, 0.5) is 10.1 Å². The van der Waals surface area contributed by atoms with Gasteiger partial charge in [0.05, 0.1) is 17.0 Å². The van der Waals surface area contributed by atoms with Gasteiger partial charge in [0, 0.05) is 23.0 Å². The molecule has 11 heteroatoms. The molecule has 0 bridgehead atoms. The van der Waals surface area contributed by atoms with Crippen molar-refractivity contribution in [3.63, 3.8) is 0 Å². The monoisotopic (exact) mass is 651 g/mol. The van der Waals surface area contributed by atoms with E-state index in [1.165, 1.54) is 11.0 Å². The van der Waals surface area contributed by atoms with Crippen LogP contribution in [-0.2, 0) is 32.6 Å². The zero-order valence-corrected chi connectivity index (χ0v) is 25.9. The van der Waals surface area contributed by atoms with Crippen LogP contribution >= 0.6 is 27.5 Å². The summed E-state index contributed by atoms with van der Waals surface area (Å²) in [5.41, 5.74) is 1.01. The molecule has 3 aromatic carbocycles. The van der Waals surface area contributed by atoms with Gasteiger partial charge in [-0.1, -0.05) is 70.0 Å². The number of benzene rings is 3. The molecule has 0 heterocycles. The van der Waals surface area contributed by atoms with Crippen molar-refractivity contribution in [2.75, 3.05) is 17.1 Å². The average molecular weight is 653 g/mol. The van der Waals surface area contributed by atoms with Crippen molar-refractivity contribution < 1.29 is 22.4 Å². The lowest BCUT2D eigenvalue weighted by atomic mass is 10.0. The third kappa shape index (κ3) is 9.04. The van der Waals surface area contributed by atoms with Gasteiger partial charge in [-0.15, -0.1) is 0 Å². The second kappa shape index (κ2) is 13.1. The number of hydrogen-bond donors (Lipinski definition) is 1. The Hall–Kier alpha value is -2.95. The fourth-order valence-electron chi connectivity index (χ4n) is 4.09. The Kier molecular flexibility index (Phi) is 10.4. The highest BCUT2D eigenvalue weighted by molar-refractivity contribution is 9.10. The van der Waals surface area contributed by atoms with Gasteiger partial charge < -0.3 is 10.2 Å². The molecule has 2 amide bonds. The number of amides is 2. The number of nitrogens with one attached hydrogen (secondary N) is 1. The number of carbonyl (C=O) groups is 2. The summed E-state index contributed by atoms with van der Waals surface area (Å²) in [4.78, 5) is 29.1. The first-order chi connectivity index (χ1) is 18.6. The Bertz CT molecular complexity index is 1470. The van der Waals surface area contributed by atoms with Crippen LogP contribution in [0.2, 0.25) is 5.02 Å². The summed E-state index contributed by atoms with van der Waals surface area (Å²) in [6.45, 7) is 4.94. The van der Waals surface area contributed by atoms with Gasteiger partial charge in [0.25, 0.3) is 0 Å². The smallest absolute Gasteiger partial charge is 0.244 e. The lowest BCUT2D eigenvalue weighted by molar-refractivity contribution is -0.140. The molecule has 3 rings (SSSR count). The first-order valence-electron chi connectivity index (χ1n) is 12.5. The third-order valence-electron chi connectivity index (χ3n) is 5.88. The molecule has 214 valence electrons. The molecule has 0 aliphatic carbocycles. The average Bonchev–Trinajstić information content (AvgIpc) is 2.85. The Morgan fingerprint density at radius 1 is 1.00 bits per heavy atom. The Morgan fingerprint density at radius 3 is 2.23 bits per heavy atom. The van der Waals surface area contributed by atoms with Gasteiger partial charge >= 0.3 is 0 Å². The number of carbonyl (C=O) groups excluding carboxylic acids is 2. The maximum Gasteiger partial charge on any atom is 0.244 e. The van der Waals surface area contributed by atoms with Gasteiger partial charge in [-0.25, -0.2) is 12.8 Å². The van der Waals surface area contributed by atoms with Crippen molar-refractivity contribution in [2.24, 2.45) is 0 Å². The van der Waals surface area contributed by atoms with Crippen LogP contribution in [0, 0.1) is 5.82 Å². The zero-order chi connectivity index (χ0) is 29.7. The molecular formula is C29H32BrClFN3O4S. The predicted octanol–water partition coefficient (Wildman–Crippen LogP) is 5.56. The fraction of sp³-hybridized carbons (Fsp3) is 0.310. The molecule has 7 nitrogen and oxygen atoms in total. The van der Waals surface area contributed by atoms with E-state index in [9.17, 15) is 22.4 Å². The van der Waals surface area contributed by atoms with Crippen molar-refractivity contribution in [1.82, 2.24) is 10.2 Å². The van der Waals surface area contributed by atoms with Crippen LogP contribution in [0.25, 0.3) is 0 Å². The van der Waals surface area contributed by atoms with Crippen LogP contribution in [0.3, 0.4) is 0 Å². The summed E-state index contributed by atoms with van der Waals surface area (Å²) < 4.78 is 41.1.